The number of unbranched alkanes of at least 4 members (excludes halogenated alkanes) is 8. The van der Waals surface area contributed by atoms with Crippen molar-refractivity contribution in [3.63, 3.8) is 0 Å². The number of Topliss-reactive ketones (excluding diaryl/α,β-unsaturated/α-hetero) is 1. The van der Waals surface area contributed by atoms with Gasteiger partial charge in [-0.15, -0.1) is 0 Å². The minimum atomic E-state index is -1.84. The monoisotopic (exact) mass is 359 g/mol. The Morgan fingerprint density at radius 3 is 1.72 bits per heavy atom. The summed E-state index contributed by atoms with van der Waals surface area (Å²) >= 11 is 0. The van der Waals surface area contributed by atoms with E-state index in [-0.39, 0.29) is 19.6 Å². The number of ketones is 1. The molecular formula is C19H37NO5. The van der Waals surface area contributed by atoms with E-state index >= 15 is 0 Å². The minimum absolute atomic E-state index is 0.0631. The summed E-state index contributed by atoms with van der Waals surface area (Å²) in [6.07, 6.45) is 8.76. The summed E-state index contributed by atoms with van der Waals surface area (Å²) < 4.78 is 0.311. The van der Waals surface area contributed by atoms with E-state index in [0.717, 1.165) is 44.9 Å². The van der Waals surface area contributed by atoms with E-state index in [2.05, 4.69) is 0 Å². The van der Waals surface area contributed by atoms with E-state index < -0.39 is 23.8 Å². The van der Waals surface area contributed by atoms with Gasteiger partial charge >= 0.3 is 0 Å². The van der Waals surface area contributed by atoms with Crippen LogP contribution < -0.4 is 5.11 Å². The molecule has 0 aromatic rings. The predicted octanol–water partition coefficient (Wildman–Crippen LogP) is 1.03. The molecule has 0 aliphatic rings. The van der Waals surface area contributed by atoms with Crippen molar-refractivity contribution >= 4 is 11.8 Å². The number of aliphatic hydroxyl groups is 2. The fourth-order valence-electron chi connectivity index (χ4n) is 3.13. The molecule has 0 saturated carbocycles. The van der Waals surface area contributed by atoms with E-state index in [9.17, 15) is 19.8 Å². The van der Waals surface area contributed by atoms with Crippen molar-refractivity contribution < 1.29 is 29.4 Å². The lowest BCUT2D eigenvalue weighted by Crippen LogP contribution is -2.56. The van der Waals surface area contributed by atoms with Crippen LogP contribution in [0, 0.1) is 0 Å². The predicted molar refractivity (Wildman–Crippen MR) is 95.7 cm³/mol. The number of carboxylic acids is 1. The van der Waals surface area contributed by atoms with E-state index in [4.69, 9.17) is 5.11 Å². The lowest BCUT2D eigenvalue weighted by molar-refractivity contribution is -0.875. The van der Waals surface area contributed by atoms with Crippen LogP contribution in [-0.4, -0.2) is 66.3 Å². The summed E-state index contributed by atoms with van der Waals surface area (Å²) in [5.41, 5.74) is -1.84. The SMILES string of the molecule is C[N+](C)(C)CC(O)(CC(=O)[O-])C(=O)CCCCCCCCCCCO. The molecular weight excluding hydrogens is 322 g/mol. The number of likely N-dealkylation sites (N-methyl/N-ethyl adjacent to an activating group) is 1. The molecule has 0 rings (SSSR count). The lowest BCUT2D eigenvalue weighted by atomic mass is 9.89. The highest BCUT2D eigenvalue weighted by atomic mass is 16.4. The van der Waals surface area contributed by atoms with Crippen LogP contribution in [0.15, 0.2) is 0 Å². The maximum absolute atomic E-state index is 12.3. The molecule has 6 nitrogen and oxygen atoms in total. The minimum Gasteiger partial charge on any atom is -0.550 e. The lowest BCUT2D eigenvalue weighted by Gasteiger charge is -2.34. The van der Waals surface area contributed by atoms with E-state index in [0.29, 0.717) is 10.9 Å². The number of carbonyl (C=O) groups is 2. The highest BCUT2D eigenvalue weighted by Crippen LogP contribution is 2.19. The maximum atomic E-state index is 12.3. The molecule has 0 radical (unpaired) electrons. The van der Waals surface area contributed by atoms with Crippen LogP contribution in [0.5, 0.6) is 0 Å². The fourth-order valence-corrected chi connectivity index (χ4v) is 3.13. The molecule has 0 aliphatic heterocycles. The van der Waals surface area contributed by atoms with Gasteiger partial charge in [0, 0.05) is 25.4 Å². The quantitative estimate of drug-likeness (QED) is 0.317. The summed E-state index contributed by atoms with van der Waals surface area (Å²) in [6.45, 7) is 0.333. The van der Waals surface area contributed by atoms with Crippen LogP contribution >= 0.6 is 0 Å². The van der Waals surface area contributed by atoms with Gasteiger partial charge in [-0.1, -0.05) is 44.9 Å². The van der Waals surface area contributed by atoms with Crippen molar-refractivity contribution in [2.24, 2.45) is 0 Å². The first-order valence-electron chi connectivity index (χ1n) is 9.47. The number of aliphatic carboxylic acids is 1. The molecule has 0 fully saturated rings. The van der Waals surface area contributed by atoms with Gasteiger partial charge in [0.15, 0.2) is 11.4 Å². The Bertz CT molecular complexity index is 392. The van der Waals surface area contributed by atoms with Gasteiger partial charge in [-0.25, -0.2) is 0 Å². The van der Waals surface area contributed by atoms with E-state index in [1.165, 1.54) is 6.42 Å². The largest absolute Gasteiger partial charge is 0.550 e. The normalized spacial score (nSPS) is 14.3. The molecule has 0 heterocycles. The smallest absolute Gasteiger partial charge is 0.177 e. The van der Waals surface area contributed by atoms with Crippen LogP contribution in [0.25, 0.3) is 0 Å². The number of hydrogen-bond donors (Lipinski definition) is 2. The van der Waals surface area contributed by atoms with Crippen molar-refractivity contribution in [2.75, 3.05) is 34.3 Å². The van der Waals surface area contributed by atoms with Gasteiger partial charge in [0.1, 0.15) is 6.54 Å². The van der Waals surface area contributed by atoms with Crippen LogP contribution in [0.1, 0.15) is 70.6 Å². The number of carboxylic acid groups (broad SMARTS) is 1. The second kappa shape index (κ2) is 12.4. The average Bonchev–Trinajstić information content (AvgIpc) is 2.46. The summed E-state index contributed by atoms with van der Waals surface area (Å²) in [6, 6.07) is 0. The maximum Gasteiger partial charge on any atom is 0.177 e. The first-order valence-corrected chi connectivity index (χ1v) is 9.47. The van der Waals surface area contributed by atoms with Crippen LogP contribution in [0.2, 0.25) is 0 Å². The van der Waals surface area contributed by atoms with Gasteiger partial charge in [0.05, 0.1) is 21.1 Å². The first kappa shape index (κ1) is 24.0. The van der Waals surface area contributed by atoms with E-state index in [1.54, 1.807) is 0 Å². The van der Waals surface area contributed by atoms with E-state index in [1.807, 2.05) is 21.1 Å². The molecule has 25 heavy (non-hydrogen) atoms. The molecule has 1 unspecified atom stereocenters. The summed E-state index contributed by atoms with van der Waals surface area (Å²) in [5, 5.41) is 30.1. The standard InChI is InChI=1S/C19H37NO5/c1-20(2,3)16-19(25,15-18(23)24)17(22)13-11-9-7-5-4-6-8-10-12-14-21/h21,25H,4-16H2,1-3H3. The molecule has 0 aromatic carbocycles. The van der Waals surface area contributed by atoms with Crippen LogP contribution in [0.4, 0.5) is 0 Å². The second-order valence-corrected chi connectivity index (χ2v) is 8.11. The molecule has 0 aliphatic carbocycles. The number of hydrogen-bond acceptors (Lipinski definition) is 5. The highest BCUT2D eigenvalue weighted by molar-refractivity contribution is 5.90. The number of carbonyl (C=O) groups excluding carboxylic acids is 2. The fraction of sp³-hybridized carbons (Fsp3) is 0.895. The Balaban J connectivity index is 4.05. The Hall–Kier alpha value is -0.980. The summed E-state index contributed by atoms with van der Waals surface area (Å²) in [4.78, 5) is 23.2. The molecule has 6 heteroatoms. The van der Waals surface area contributed by atoms with Gasteiger partial charge in [-0.05, 0) is 12.8 Å². The van der Waals surface area contributed by atoms with Crippen LogP contribution in [0.3, 0.4) is 0 Å². The Morgan fingerprint density at radius 1 is 0.880 bits per heavy atom. The average molecular weight is 360 g/mol. The highest BCUT2D eigenvalue weighted by Gasteiger charge is 2.40. The molecule has 0 amide bonds. The number of quaternary nitrogens is 1. The zero-order valence-electron chi connectivity index (χ0n) is 16.3. The Morgan fingerprint density at radius 2 is 1.32 bits per heavy atom. The van der Waals surface area contributed by atoms with Crippen molar-refractivity contribution in [3.05, 3.63) is 0 Å². The molecule has 148 valence electrons. The topological polar surface area (TPSA) is 97.7 Å². The van der Waals surface area contributed by atoms with Gasteiger partial charge < -0.3 is 24.6 Å². The number of nitrogens with zero attached hydrogens (tertiary/aromatic N) is 1. The molecule has 0 saturated heterocycles. The van der Waals surface area contributed by atoms with Crippen LogP contribution in [-0.2, 0) is 9.59 Å². The Labute approximate surface area is 152 Å². The van der Waals surface area contributed by atoms with Gasteiger partial charge in [0.2, 0.25) is 0 Å². The van der Waals surface area contributed by atoms with Crippen molar-refractivity contribution in [1.29, 1.82) is 0 Å². The molecule has 2 N–H and O–H groups in total. The van der Waals surface area contributed by atoms with Crippen molar-refractivity contribution in [3.8, 4) is 0 Å². The van der Waals surface area contributed by atoms with Gasteiger partial charge in [-0.3, -0.25) is 4.79 Å². The number of rotatable bonds is 16. The van der Waals surface area contributed by atoms with Gasteiger partial charge in [0.25, 0.3) is 0 Å². The van der Waals surface area contributed by atoms with Gasteiger partial charge in [-0.2, -0.15) is 0 Å². The molecule has 0 bridgehead atoms. The summed E-state index contributed by atoms with van der Waals surface area (Å²) in [7, 11) is 5.44. The first-order chi connectivity index (χ1) is 11.6. The van der Waals surface area contributed by atoms with Crippen molar-refractivity contribution in [1.82, 2.24) is 0 Å². The molecule has 0 aromatic heterocycles. The third-order valence-electron chi connectivity index (χ3n) is 4.25. The Kier molecular flexibility index (Phi) is 11.9. The molecule has 0 spiro atoms. The number of aliphatic hydroxyl groups excluding tert-OH is 1. The molecule has 1 atom stereocenters. The zero-order valence-corrected chi connectivity index (χ0v) is 16.3. The summed E-state index contributed by atoms with van der Waals surface area (Å²) in [5.74, 6) is -1.79. The third kappa shape index (κ3) is 13.0. The van der Waals surface area contributed by atoms with Crippen molar-refractivity contribution in [2.45, 2.75) is 76.2 Å². The second-order valence-electron chi connectivity index (χ2n) is 8.11. The zero-order chi connectivity index (χ0) is 19.3. The third-order valence-corrected chi connectivity index (χ3v) is 4.25.